The molecular weight excluding hydrogens is 458 g/mol. The lowest BCUT2D eigenvalue weighted by Crippen LogP contribution is -2.23. The summed E-state index contributed by atoms with van der Waals surface area (Å²) in [7, 11) is 0. The molecule has 0 aliphatic carbocycles. The Hall–Kier alpha value is -3.50. The standard InChI is InChI=1S/C26H35N7O3/c1-18(2)31-26(30-17-28)33-16-20-8-11-34-23-13-19(6-7-22(23)25(20)32-33)21(14-27)15-29-9-12-36-24-5-3-4-10-35-24/h6-7,13-18,24H,3-5,8-12,27H2,1-2H3,(H2,28,30,31). The Morgan fingerprint density at radius 2 is 2.17 bits per heavy atom. The van der Waals surface area contributed by atoms with Gasteiger partial charge in [-0.25, -0.2) is 14.7 Å². The van der Waals surface area contributed by atoms with E-state index < -0.39 is 0 Å². The van der Waals surface area contributed by atoms with Crippen LogP contribution in [0.2, 0.25) is 0 Å². The molecule has 0 radical (unpaired) electrons. The van der Waals surface area contributed by atoms with Crippen molar-refractivity contribution >= 4 is 24.1 Å². The molecule has 1 unspecified atom stereocenters. The molecule has 192 valence electrons. The van der Waals surface area contributed by atoms with Gasteiger partial charge in [-0.05, 0) is 50.8 Å². The third-order valence-electron chi connectivity index (χ3n) is 5.83. The van der Waals surface area contributed by atoms with Crippen molar-refractivity contribution in [3.8, 4) is 17.0 Å². The second-order valence-corrected chi connectivity index (χ2v) is 8.88. The van der Waals surface area contributed by atoms with Crippen molar-refractivity contribution in [2.45, 2.75) is 51.9 Å². The highest BCUT2D eigenvalue weighted by Gasteiger charge is 2.21. The molecule has 2 aliphatic heterocycles. The van der Waals surface area contributed by atoms with Gasteiger partial charge in [0.25, 0.3) is 0 Å². The third kappa shape index (κ3) is 6.38. The summed E-state index contributed by atoms with van der Waals surface area (Å²) in [5, 5.41) is 4.77. The first-order valence-corrected chi connectivity index (χ1v) is 12.4. The molecule has 2 aromatic rings. The number of benzene rings is 1. The van der Waals surface area contributed by atoms with Crippen molar-refractivity contribution in [3.63, 3.8) is 0 Å². The Balaban J connectivity index is 1.49. The first-order valence-electron chi connectivity index (χ1n) is 12.4. The maximum Gasteiger partial charge on any atom is 0.247 e. The summed E-state index contributed by atoms with van der Waals surface area (Å²) in [5.41, 5.74) is 16.0. The summed E-state index contributed by atoms with van der Waals surface area (Å²) in [5.74, 6) is 1.19. The van der Waals surface area contributed by atoms with E-state index in [1.807, 2.05) is 38.2 Å². The van der Waals surface area contributed by atoms with Gasteiger partial charge in [-0.3, -0.25) is 4.99 Å². The van der Waals surface area contributed by atoms with Gasteiger partial charge in [-0.2, -0.15) is 5.10 Å². The zero-order valence-electron chi connectivity index (χ0n) is 21.0. The third-order valence-corrected chi connectivity index (χ3v) is 5.83. The summed E-state index contributed by atoms with van der Waals surface area (Å²) >= 11 is 0. The van der Waals surface area contributed by atoms with E-state index in [4.69, 9.17) is 30.8 Å². The van der Waals surface area contributed by atoms with E-state index >= 15 is 0 Å². The van der Waals surface area contributed by atoms with Gasteiger partial charge < -0.3 is 25.7 Å². The van der Waals surface area contributed by atoms with Crippen LogP contribution in [0.4, 0.5) is 0 Å². The molecule has 0 spiro atoms. The van der Waals surface area contributed by atoms with Crippen molar-refractivity contribution in [2.75, 3.05) is 26.4 Å². The number of nitrogens with two attached hydrogens (primary N) is 2. The van der Waals surface area contributed by atoms with Crippen LogP contribution in [0, 0.1) is 0 Å². The van der Waals surface area contributed by atoms with Crippen molar-refractivity contribution in [1.82, 2.24) is 9.78 Å². The van der Waals surface area contributed by atoms with Gasteiger partial charge in [0, 0.05) is 54.4 Å². The molecule has 2 aliphatic rings. The molecule has 1 atom stereocenters. The van der Waals surface area contributed by atoms with Gasteiger partial charge in [0.05, 0.1) is 31.8 Å². The predicted molar refractivity (Wildman–Crippen MR) is 143 cm³/mol. The summed E-state index contributed by atoms with van der Waals surface area (Å²) in [6, 6.07) is 6.02. The zero-order chi connectivity index (χ0) is 25.3. The van der Waals surface area contributed by atoms with Crippen LogP contribution in [0.3, 0.4) is 0 Å². The zero-order valence-corrected chi connectivity index (χ0v) is 21.0. The molecule has 3 heterocycles. The fourth-order valence-electron chi connectivity index (χ4n) is 4.12. The molecule has 1 aromatic carbocycles. The molecule has 10 nitrogen and oxygen atoms in total. The van der Waals surface area contributed by atoms with Crippen LogP contribution < -0.4 is 16.2 Å². The Bertz CT molecular complexity index is 1140. The molecule has 0 amide bonds. The Kier molecular flexibility index (Phi) is 8.85. The van der Waals surface area contributed by atoms with E-state index in [-0.39, 0.29) is 12.3 Å². The highest BCUT2D eigenvalue weighted by atomic mass is 16.7. The monoisotopic (exact) mass is 493 g/mol. The lowest BCUT2D eigenvalue weighted by molar-refractivity contribution is -0.160. The summed E-state index contributed by atoms with van der Waals surface area (Å²) in [6.07, 6.45) is 10.3. The summed E-state index contributed by atoms with van der Waals surface area (Å²) in [4.78, 5) is 13.2. The maximum absolute atomic E-state index is 6.07. The molecule has 4 rings (SSSR count). The fraction of sp³-hybridized carbons (Fsp3) is 0.462. The minimum Gasteiger partial charge on any atom is -0.493 e. The van der Waals surface area contributed by atoms with E-state index in [1.54, 1.807) is 17.1 Å². The van der Waals surface area contributed by atoms with Crippen molar-refractivity contribution in [3.05, 3.63) is 41.7 Å². The summed E-state index contributed by atoms with van der Waals surface area (Å²) < 4.78 is 19.1. The second kappa shape index (κ2) is 12.5. The number of aliphatic imine (C=N–C) groups is 3. The maximum atomic E-state index is 6.07. The molecule has 36 heavy (non-hydrogen) atoms. The highest BCUT2D eigenvalue weighted by Crippen LogP contribution is 2.36. The van der Waals surface area contributed by atoms with Crippen LogP contribution in [0.25, 0.3) is 16.8 Å². The van der Waals surface area contributed by atoms with Crippen LogP contribution in [0.1, 0.15) is 44.2 Å². The number of fused-ring (bicyclic) bond motifs is 3. The smallest absolute Gasteiger partial charge is 0.247 e. The molecule has 10 heteroatoms. The molecule has 0 bridgehead atoms. The summed E-state index contributed by atoms with van der Waals surface area (Å²) in [6.45, 7) is 6.30. The number of aromatic nitrogens is 2. The predicted octanol–water partition coefficient (Wildman–Crippen LogP) is 3.00. The molecule has 1 aromatic heterocycles. The lowest BCUT2D eigenvalue weighted by atomic mass is 10.0. The van der Waals surface area contributed by atoms with Crippen molar-refractivity contribution in [2.24, 2.45) is 26.4 Å². The topological polar surface area (TPSA) is 135 Å². The van der Waals surface area contributed by atoms with Crippen molar-refractivity contribution < 1.29 is 14.2 Å². The van der Waals surface area contributed by atoms with Gasteiger partial charge >= 0.3 is 0 Å². The Labute approximate surface area is 211 Å². The molecule has 1 saturated heterocycles. The number of hydrogen-bond acceptors (Lipinski definition) is 7. The molecule has 1 fully saturated rings. The van der Waals surface area contributed by atoms with E-state index in [1.165, 1.54) is 6.34 Å². The van der Waals surface area contributed by atoms with E-state index in [0.717, 1.165) is 59.6 Å². The number of nitrogens with zero attached hydrogens (tertiary/aromatic N) is 5. The van der Waals surface area contributed by atoms with Gasteiger partial charge in [0.2, 0.25) is 5.96 Å². The number of hydrogen-bond donors (Lipinski definition) is 2. The highest BCUT2D eigenvalue weighted by molar-refractivity contribution is 6.10. The van der Waals surface area contributed by atoms with Crippen molar-refractivity contribution in [1.29, 1.82) is 0 Å². The minimum atomic E-state index is -0.108. The SMILES string of the molecule is CC(C)N=C(N=CN)n1cc2c(n1)-c1ccc(C(C=NCCOC3CCCCO3)=CN)cc1OCC2. The molecule has 0 saturated carbocycles. The Morgan fingerprint density at radius 1 is 1.28 bits per heavy atom. The van der Waals surface area contributed by atoms with Gasteiger partial charge in [0.15, 0.2) is 6.29 Å². The molecule has 4 N–H and O–H groups in total. The van der Waals surface area contributed by atoms with Crippen LogP contribution in [-0.4, -0.2) is 67.0 Å². The van der Waals surface area contributed by atoms with Crippen LogP contribution >= 0.6 is 0 Å². The average molecular weight is 494 g/mol. The molecular formula is C26H35N7O3. The van der Waals surface area contributed by atoms with Crippen LogP contribution in [0.15, 0.2) is 45.6 Å². The van der Waals surface area contributed by atoms with E-state index in [0.29, 0.717) is 32.1 Å². The number of allylic oxidation sites excluding steroid dienone is 1. The minimum absolute atomic E-state index is 0.0566. The van der Waals surface area contributed by atoms with Crippen LogP contribution in [-0.2, 0) is 15.9 Å². The van der Waals surface area contributed by atoms with Gasteiger partial charge in [-0.15, -0.1) is 0 Å². The largest absolute Gasteiger partial charge is 0.493 e. The van der Waals surface area contributed by atoms with Crippen LogP contribution in [0.5, 0.6) is 5.75 Å². The van der Waals surface area contributed by atoms with Gasteiger partial charge in [-0.1, -0.05) is 6.07 Å². The number of ether oxygens (including phenoxy) is 3. The normalized spacial score (nSPS) is 18.9. The fourth-order valence-corrected chi connectivity index (χ4v) is 4.12. The van der Waals surface area contributed by atoms with E-state index in [2.05, 4.69) is 15.0 Å². The Morgan fingerprint density at radius 3 is 2.92 bits per heavy atom. The first-order chi connectivity index (χ1) is 17.6. The average Bonchev–Trinajstić information content (AvgIpc) is 3.22. The number of rotatable bonds is 7. The second-order valence-electron chi connectivity index (χ2n) is 8.88. The lowest BCUT2D eigenvalue weighted by Gasteiger charge is -2.22. The van der Waals surface area contributed by atoms with Gasteiger partial charge in [0.1, 0.15) is 5.75 Å². The quantitative estimate of drug-likeness (QED) is 0.346. The first kappa shape index (κ1) is 25.6. The van der Waals surface area contributed by atoms with E-state index in [9.17, 15) is 0 Å².